The third kappa shape index (κ3) is 3.86. The van der Waals surface area contributed by atoms with Crippen LogP contribution in [-0.2, 0) is 4.79 Å². The predicted octanol–water partition coefficient (Wildman–Crippen LogP) is 4.70. The molecule has 4 rings (SSSR count). The van der Waals surface area contributed by atoms with Crippen LogP contribution < -0.4 is 5.32 Å². The highest BCUT2D eigenvalue weighted by atomic mass is 16.2. The van der Waals surface area contributed by atoms with Gasteiger partial charge in [-0.3, -0.25) is 15.1 Å². The predicted molar refractivity (Wildman–Crippen MR) is 132 cm³/mol. The van der Waals surface area contributed by atoms with Gasteiger partial charge in [-0.25, -0.2) is 0 Å². The highest BCUT2D eigenvalue weighted by Gasteiger charge is 2.51. The molecule has 3 aliphatic rings. The summed E-state index contributed by atoms with van der Waals surface area (Å²) < 4.78 is 0. The van der Waals surface area contributed by atoms with Crippen LogP contribution in [0.25, 0.3) is 5.57 Å². The summed E-state index contributed by atoms with van der Waals surface area (Å²) in [5, 5.41) is 30.5. The van der Waals surface area contributed by atoms with E-state index in [0.29, 0.717) is 18.4 Å². The van der Waals surface area contributed by atoms with E-state index >= 15 is 0 Å². The standard InChI is InChI=1S/C28H29N5O/c1-27(2,17-30)22-11-8-19(9-12-22)24-25(34)33(4)26(31)32-28(24,3)23-13-10-21(15-23)20-7-5-6-18(14-20)16-29/h5-8,10-14,19,24H,9,15H2,1-4H3,(H2,31,32)/t19?,24-,28?/m0/s1. The molecule has 2 unspecified atom stereocenters. The van der Waals surface area contributed by atoms with Crippen molar-refractivity contribution in [2.75, 3.05) is 7.05 Å². The number of carbonyl (C=O) groups excluding carboxylic acids is 1. The Morgan fingerprint density at radius 1 is 1.26 bits per heavy atom. The topological polar surface area (TPSA) is 104 Å². The Labute approximate surface area is 201 Å². The lowest BCUT2D eigenvalue weighted by atomic mass is 9.67. The number of hydrogen-bond acceptors (Lipinski definition) is 4. The quantitative estimate of drug-likeness (QED) is 0.693. The van der Waals surface area contributed by atoms with Crippen LogP contribution in [0.1, 0.15) is 44.7 Å². The molecule has 2 aliphatic carbocycles. The van der Waals surface area contributed by atoms with Crippen LogP contribution in [0.3, 0.4) is 0 Å². The van der Waals surface area contributed by atoms with Gasteiger partial charge in [0.05, 0.1) is 34.6 Å². The number of rotatable bonds is 4. The van der Waals surface area contributed by atoms with Crippen LogP contribution in [0.2, 0.25) is 0 Å². The fraction of sp³-hybridized carbons (Fsp3) is 0.357. The normalized spacial score (nSPS) is 26.8. The van der Waals surface area contributed by atoms with Gasteiger partial charge < -0.3 is 5.32 Å². The molecule has 0 aromatic heterocycles. The van der Waals surface area contributed by atoms with Crippen molar-refractivity contribution < 1.29 is 4.79 Å². The van der Waals surface area contributed by atoms with Gasteiger partial charge >= 0.3 is 0 Å². The number of guanidine groups is 1. The summed E-state index contributed by atoms with van der Waals surface area (Å²) in [6, 6.07) is 12.1. The molecule has 1 heterocycles. The smallest absolute Gasteiger partial charge is 0.235 e. The second-order valence-electron chi connectivity index (χ2n) is 9.96. The molecule has 1 amide bonds. The zero-order valence-electron chi connectivity index (χ0n) is 20.0. The summed E-state index contributed by atoms with van der Waals surface area (Å²) in [6.07, 6.45) is 11.5. The summed E-state index contributed by atoms with van der Waals surface area (Å²) in [5.41, 5.74) is 3.38. The lowest BCUT2D eigenvalue weighted by Crippen LogP contribution is -2.67. The van der Waals surface area contributed by atoms with Crippen molar-refractivity contribution >= 4 is 17.4 Å². The monoisotopic (exact) mass is 451 g/mol. The first kappa shape index (κ1) is 23.3. The molecule has 1 saturated heterocycles. The lowest BCUT2D eigenvalue weighted by Gasteiger charge is -2.49. The molecule has 172 valence electrons. The minimum atomic E-state index is -0.739. The van der Waals surface area contributed by atoms with E-state index in [-0.39, 0.29) is 17.8 Å². The van der Waals surface area contributed by atoms with Crippen molar-refractivity contribution in [1.29, 1.82) is 15.9 Å². The highest BCUT2D eigenvalue weighted by Crippen LogP contribution is 2.45. The first-order valence-corrected chi connectivity index (χ1v) is 11.5. The minimum absolute atomic E-state index is 0.0642. The average molecular weight is 452 g/mol. The van der Waals surface area contributed by atoms with Crippen LogP contribution in [0, 0.1) is 45.3 Å². The molecular weight excluding hydrogens is 422 g/mol. The maximum absolute atomic E-state index is 13.5. The molecular formula is C28H29N5O. The van der Waals surface area contributed by atoms with E-state index in [1.807, 2.05) is 57.2 Å². The Morgan fingerprint density at radius 2 is 2.03 bits per heavy atom. The summed E-state index contributed by atoms with van der Waals surface area (Å²) >= 11 is 0. The Morgan fingerprint density at radius 3 is 2.68 bits per heavy atom. The first-order chi connectivity index (χ1) is 16.1. The van der Waals surface area contributed by atoms with Gasteiger partial charge in [0.1, 0.15) is 0 Å². The van der Waals surface area contributed by atoms with Crippen molar-refractivity contribution in [3.05, 3.63) is 76.9 Å². The average Bonchev–Trinajstić information content (AvgIpc) is 3.34. The Kier molecular flexibility index (Phi) is 5.79. The van der Waals surface area contributed by atoms with Crippen molar-refractivity contribution in [2.24, 2.45) is 17.3 Å². The van der Waals surface area contributed by atoms with Gasteiger partial charge in [0.15, 0.2) is 5.96 Å². The fourth-order valence-corrected chi connectivity index (χ4v) is 5.14. The molecule has 1 aromatic carbocycles. The third-order valence-corrected chi connectivity index (χ3v) is 7.39. The van der Waals surface area contributed by atoms with Crippen LogP contribution in [-0.4, -0.2) is 29.4 Å². The van der Waals surface area contributed by atoms with E-state index in [0.717, 1.165) is 22.3 Å². The van der Waals surface area contributed by atoms with Gasteiger partial charge in [0, 0.05) is 7.05 Å². The SMILES string of the molecule is CN1C(=N)NC(C)(C2=CC=C(c3cccc(C#N)c3)C2)[C@@H](C2C=CC(C(C)(C)C#N)=CC2)C1=O. The molecule has 3 atom stereocenters. The van der Waals surface area contributed by atoms with Crippen molar-refractivity contribution in [3.8, 4) is 12.1 Å². The third-order valence-electron chi connectivity index (χ3n) is 7.39. The minimum Gasteiger partial charge on any atom is -0.346 e. The molecule has 34 heavy (non-hydrogen) atoms. The maximum Gasteiger partial charge on any atom is 0.235 e. The van der Waals surface area contributed by atoms with Gasteiger partial charge in [-0.2, -0.15) is 10.5 Å². The van der Waals surface area contributed by atoms with Crippen LogP contribution >= 0.6 is 0 Å². The zero-order chi connectivity index (χ0) is 24.7. The Bertz CT molecular complexity index is 1270. The summed E-state index contributed by atoms with van der Waals surface area (Å²) in [6.45, 7) is 5.81. The largest absolute Gasteiger partial charge is 0.346 e. The van der Waals surface area contributed by atoms with Gasteiger partial charge in [-0.1, -0.05) is 42.5 Å². The van der Waals surface area contributed by atoms with Gasteiger partial charge in [0.25, 0.3) is 0 Å². The van der Waals surface area contributed by atoms with E-state index in [4.69, 9.17) is 5.41 Å². The number of hydrogen-bond donors (Lipinski definition) is 2. The van der Waals surface area contributed by atoms with Crippen molar-refractivity contribution in [2.45, 2.75) is 39.2 Å². The van der Waals surface area contributed by atoms with E-state index < -0.39 is 16.9 Å². The highest BCUT2D eigenvalue weighted by molar-refractivity contribution is 6.01. The number of allylic oxidation sites excluding steroid dienone is 7. The number of benzene rings is 1. The van der Waals surface area contributed by atoms with E-state index in [9.17, 15) is 15.3 Å². The molecule has 0 bridgehead atoms. The van der Waals surface area contributed by atoms with E-state index in [2.05, 4.69) is 29.6 Å². The first-order valence-electron chi connectivity index (χ1n) is 11.5. The van der Waals surface area contributed by atoms with Gasteiger partial charge in [0.2, 0.25) is 5.91 Å². The molecule has 0 saturated carbocycles. The molecule has 6 heteroatoms. The Balaban J connectivity index is 1.63. The second-order valence-corrected chi connectivity index (χ2v) is 9.96. The zero-order valence-corrected chi connectivity index (χ0v) is 20.0. The number of nitrogens with zero attached hydrogens (tertiary/aromatic N) is 3. The van der Waals surface area contributed by atoms with Crippen LogP contribution in [0.15, 0.2) is 65.8 Å². The molecule has 1 aromatic rings. The number of nitrogens with one attached hydrogen (secondary N) is 2. The van der Waals surface area contributed by atoms with Gasteiger partial charge in [-0.05, 0) is 73.9 Å². The van der Waals surface area contributed by atoms with Crippen molar-refractivity contribution in [1.82, 2.24) is 10.2 Å². The van der Waals surface area contributed by atoms with Crippen LogP contribution in [0.4, 0.5) is 0 Å². The lowest BCUT2D eigenvalue weighted by molar-refractivity contribution is -0.136. The molecule has 2 N–H and O–H groups in total. The van der Waals surface area contributed by atoms with Crippen molar-refractivity contribution in [3.63, 3.8) is 0 Å². The van der Waals surface area contributed by atoms with Crippen LogP contribution in [0.5, 0.6) is 0 Å². The molecule has 1 aliphatic heterocycles. The second kappa shape index (κ2) is 8.47. The summed E-state index contributed by atoms with van der Waals surface area (Å²) in [4.78, 5) is 14.9. The van der Waals surface area contributed by atoms with E-state index in [1.165, 1.54) is 4.90 Å². The number of carbonyl (C=O) groups is 1. The molecule has 0 spiro atoms. The summed E-state index contributed by atoms with van der Waals surface area (Å²) in [5.74, 6) is -0.467. The Hall–Kier alpha value is -3.90. The maximum atomic E-state index is 13.5. The summed E-state index contributed by atoms with van der Waals surface area (Å²) in [7, 11) is 1.64. The number of amides is 1. The van der Waals surface area contributed by atoms with E-state index in [1.54, 1.807) is 13.1 Å². The molecule has 6 nitrogen and oxygen atoms in total. The number of nitriles is 2. The molecule has 0 radical (unpaired) electrons. The molecule has 1 fully saturated rings. The fourth-order valence-electron chi connectivity index (χ4n) is 5.14. The van der Waals surface area contributed by atoms with Gasteiger partial charge in [-0.15, -0.1) is 0 Å².